The van der Waals surface area contributed by atoms with E-state index in [2.05, 4.69) is 20.6 Å². The van der Waals surface area contributed by atoms with Crippen molar-refractivity contribution >= 4 is 0 Å². The van der Waals surface area contributed by atoms with Gasteiger partial charge in [-0.2, -0.15) is 0 Å². The van der Waals surface area contributed by atoms with E-state index in [1.807, 2.05) is 36.4 Å². The first-order chi connectivity index (χ1) is 8.50. The maximum atomic E-state index is 3.67. The van der Waals surface area contributed by atoms with Crippen LogP contribution in [0, 0.1) is 0 Å². The summed E-state index contributed by atoms with van der Waals surface area (Å²) < 4.78 is 0. The highest BCUT2D eigenvalue weighted by Crippen LogP contribution is 1.79. The van der Waals surface area contributed by atoms with Gasteiger partial charge < -0.3 is 15.6 Å². The maximum Gasteiger partial charge on any atom is 0.0919 e. The molecule has 0 unspecified atom stereocenters. The number of H-pyrrole nitrogens is 1. The molecule has 17 heavy (non-hydrogen) atoms. The fourth-order valence-electron chi connectivity index (χ4n) is 1.20. The molecule has 3 N–H and O–H groups in total. The molecule has 1 saturated heterocycles. The van der Waals surface area contributed by atoms with Crippen LogP contribution in [0.5, 0.6) is 0 Å². The lowest BCUT2D eigenvalue weighted by molar-refractivity contribution is 0.534. The minimum absolute atomic E-state index is 1.14. The second-order valence-electron chi connectivity index (χ2n) is 3.42. The van der Waals surface area contributed by atoms with E-state index in [-0.39, 0.29) is 0 Å². The highest BCUT2D eigenvalue weighted by atomic mass is 15.0. The minimum atomic E-state index is 1.14. The number of aromatic nitrogens is 2. The summed E-state index contributed by atoms with van der Waals surface area (Å²) in [6.07, 6.45) is 5.08. The summed E-state index contributed by atoms with van der Waals surface area (Å²) in [4.78, 5) is 6.42. The second kappa shape index (κ2) is 10.9. The molecule has 1 aromatic carbocycles. The van der Waals surface area contributed by atoms with Crippen LogP contribution in [0.3, 0.4) is 0 Å². The molecule has 0 amide bonds. The number of aromatic amines is 1. The second-order valence-corrected chi connectivity index (χ2v) is 3.42. The van der Waals surface area contributed by atoms with Crippen LogP contribution in [0.4, 0.5) is 0 Å². The van der Waals surface area contributed by atoms with E-state index >= 15 is 0 Å². The zero-order valence-corrected chi connectivity index (χ0v) is 9.97. The van der Waals surface area contributed by atoms with Crippen molar-refractivity contribution in [2.45, 2.75) is 0 Å². The third-order valence-corrected chi connectivity index (χ3v) is 2.03. The fourth-order valence-corrected chi connectivity index (χ4v) is 1.20. The molecule has 0 aliphatic carbocycles. The first-order valence-electron chi connectivity index (χ1n) is 5.84. The molecule has 3 rings (SSSR count). The Morgan fingerprint density at radius 3 is 1.35 bits per heavy atom. The summed E-state index contributed by atoms with van der Waals surface area (Å²) in [7, 11) is 0. The molecule has 2 aromatic rings. The van der Waals surface area contributed by atoms with Gasteiger partial charge in [0, 0.05) is 38.6 Å². The predicted octanol–water partition coefficient (Wildman–Crippen LogP) is 1.28. The quantitative estimate of drug-likeness (QED) is 0.641. The molecule has 1 aliphatic rings. The summed E-state index contributed by atoms with van der Waals surface area (Å²) in [6.45, 7) is 4.56. The van der Waals surface area contributed by atoms with Crippen molar-refractivity contribution in [1.29, 1.82) is 0 Å². The summed E-state index contributed by atoms with van der Waals surface area (Å²) in [6, 6.07) is 12.0. The van der Waals surface area contributed by atoms with Gasteiger partial charge in [-0.15, -0.1) is 0 Å². The van der Waals surface area contributed by atoms with Crippen LogP contribution in [0.1, 0.15) is 0 Å². The van der Waals surface area contributed by atoms with Crippen molar-refractivity contribution < 1.29 is 0 Å². The van der Waals surface area contributed by atoms with E-state index in [4.69, 9.17) is 0 Å². The Bertz CT molecular complexity index is 261. The molecule has 92 valence electrons. The Morgan fingerprint density at radius 1 is 0.706 bits per heavy atom. The Hall–Kier alpha value is -1.65. The maximum absolute atomic E-state index is 3.67. The zero-order chi connectivity index (χ0) is 12.0. The van der Waals surface area contributed by atoms with Crippen molar-refractivity contribution in [2.24, 2.45) is 0 Å². The molecule has 1 fully saturated rings. The lowest BCUT2D eigenvalue weighted by atomic mass is 10.4. The molecule has 0 atom stereocenters. The Morgan fingerprint density at radius 2 is 1.18 bits per heavy atom. The standard InChI is InChI=1S/C6H6.C4H10N2.C3H4N2/c1-2-4-6-5-3-1;1-2-6-4-3-5-1;1-2-5-3-4-1/h1-6H;5-6H,1-4H2;1-3H,(H,4,5). The molecule has 0 radical (unpaired) electrons. The van der Waals surface area contributed by atoms with E-state index in [9.17, 15) is 0 Å². The average Bonchev–Trinajstić information content (AvgIpc) is 3.03. The lowest BCUT2D eigenvalue weighted by Crippen LogP contribution is -2.39. The first-order valence-corrected chi connectivity index (χ1v) is 5.84. The Labute approximate surface area is 102 Å². The predicted molar refractivity (Wildman–Crippen MR) is 70.8 cm³/mol. The van der Waals surface area contributed by atoms with Gasteiger partial charge in [0.2, 0.25) is 0 Å². The monoisotopic (exact) mass is 232 g/mol. The van der Waals surface area contributed by atoms with Crippen LogP contribution in [0.2, 0.25) is 0 Å². The van der Waals surface area contributed by atoms with Crippen LogP contribution >= 0.6 is 0 Å². The van der Waals surface area contributed by atoms with Gasteiger partial charge in [0.25, 0.3) is 0 Å². The SMILES string of the molecule is C1CNCCN1.c1c[nH]cn1.c1ccccc1. The average molecular weight is 232 g/mol. The van der Waals surface area contributed by atoms with Crippen LogP contribution in [0.15, 0.2) is 55.1 Å². The zero-order valence-electron chi connectivity index (χ0n) is 9.97. The number of nitrogens with one attached hydrogen (secondary N) is 3. The van der Waals surface area contributed by atoms with Gasteiger partial charge >= 0.3 is 0 Å². The fraction of sp³-hybridized carbons (Fsp3) is 0.308. The molecule has 0 bridgehead atoms. The molecule has 4 heteroatoms. The minimum Gasteiger partial charge on any atom is -0.351 e. The van der Waals surface area contributed by atoms with Gasteiger partial charge in [0.1, 0.15) is 0 Å². The summed E-state index contributed by atoms with van der Waals surface area (Å²) >= 11 is 0. The number of nitrogens with zero attached hydrogens (tertiary/aromatic N) is 1. The number of benzene rings is 1. The normalized spacial score (nSPS) is 13.6. The molecular weight excluding hydrogens is 212 g/mol. The van der Waals surface area contributed by atoms with Gasteiger partial charge in [-0.3, -0.25) is 0 Å². The number of hydrogen-bond acceptors (Lipinski definition) is 3. The van der Waals surface area contributed by atoms with E-state index in [0.717, 1.165) is 26.2 Å². The third-order valence-electron chi connectivity index (χ3n) is 2.03. The summed E-state index contributed by atoms with van der Waals surface area (Å²) in [5.41, 5.74) is 0. The third kappa shape index (κ3) is 9.29. The van der Waals surface area contributed by atoms with E-state index < -0.39 is 0 Å². The van der Waals surface area contributed by atoms with Crippen molar-refractivity contribution in [1.82, 2.24) is 20.6 Å². The molecule has 4 nitrogen and oxygen atoms in total. The first kappa shape index (κ1) is 13.4. The summed E-state index contributed by atoms with van der Waals surface area (Å²) in [5, 5.41) is 6.44. The van der Waals surface area contributed by atoms with Crippen LogP contribution < -0.4 is 10.6 Å². The summed E-state index contributed by atoms with van der Waals surface area (Å²) in [5.74, 6) is 0. The Kier molecular flexibility index (Phi) is 8.57. The van der Waals surface area contributed by atoms with Crippen molar-refractivity contribution in [3.63, 3.8) is 0 Å². The van der Waals surface area contributed by atoms with E-state index in [0.29, 0.717) is 0 Å². The number of hydrogen-bond donors (Lipinski definition) is 3. The van der Waals surface area contributed by atoms with Crippen molar-refractivity contribution in [3.8, 4) is 0 Å². The number of rotatable bonds is 0. The Balaban J connectivity index is 0.000000128. The molecule has 0 spiro atoms. The topological polar surface area (TPSA) is 52.7 Å². The molecule has 1 aromatic heterocycles. The van der Waals surface area contributed by atoms with Crippen molar-refractivity contribution in [2.75, 3.05) is 26.2 Å². The highest BCUT2D eigenvalue weighted by molar-refractivity contribution is 4.99. The van der Waals surface area contributed by atoms with Crippen LogP contribution in [-0.4, -0.2) is 36.1 Å². The van der Waals surface area contributed by atoms with Gasteiger partial charge in [0.05, 0.1) is 6.33 Å². The van der Waals surface area contributed by atoms with Gasteiger partial charge in [-0.05, 0) is 0 Å². The van der Waals surface area contributed by atoms with Crippen LogP contribution in [-0.2, 0) is 0 Å². The molecule has 0 saturated carbocycles. The van der Waals surface area contributed by atoms with Crippen LogP contribution in [0.25, 0.3) is 0 Å². The molecule has 1 aliphatic heterocycles. The van der Waals surface area contributed by atoms with Gasteiger partial charge in [-0.1, -0.05) is 36.4 Å². The largest absolute Gasteiger partial charge is 0.351 e. The van der Waals surface area contributed by atoms with Gasteiger partial charge in [0.15, 0.2) is 0 Å². The highest BCUT2D eigenvalue weighted by Gasteiger charge is 1.91. The van der Waals surface area contributed by atoms with Crippen molar-refractivity contribution in [3.05, 3.63) is 55.1 Å². The molecule has 2 heterocycles. The molecular formula is C13H20N4. The van der Waals surface area contributed by atoms with Gasteiger partial charge in [-0.25, -0.2) is 4.98 Å². The van der Waals surface area contributed by atoms with E-state index in [1.165, 1.54) is 0 Å². The van der Waals surface area contributed by atoms with E-state index in [1.54, 1.807) is 18.7 Å². The smallest absolute Gasteiger partial charge is 0.0919 e. The number of piperazine rings is 1. The lowest BCUT2D eigenvalue weighted by Gasteiger charge is -2.11. The number of imidazole rings is 1.